The predicted molar refractivity (Wildman–Crippen MR) is 103 cm³/mol. The van der Waals surface area contributed by atoms with Crippen molar-refractivity contribution in [2.75, 3.05) is 0 Å². The van der Waals surface area contributed by atoms with Crippen LogP contribution in [0.15, 0.2) is 30.3 Å². The van der Waals surface area contributed by atoms with Gasteiger partial charge in [-0.1, -0.05) is 95.0 Å². The number of carbonyl (C=O) groups is 1. The average molecular weight is 349 g/mol. The first-order valence-corrected chi connectivity index (χ1v) is 10.1. The zero-order chi connectivity index (χ0) is 18.2. The first-order chi connectivity index (χ1) is 12.2. The normalized spacial score (nSPS) is 12.1. The number of rotatable bonds is 15. The molecule has 1 aromatic carbocycles. The van der Waals surface area contributed by atoms with Crippen molar-refractivity contribution >= 4 is 5.97 Å². The van der Waals surface area contributed by atoms with Crippen molar-refractivity contribution in [3.63, 3.8) is 0 Å². The zero-order valence-electron chi connectivity index (χ0n) is 15.9. The maximum Gasteiger partial charge on any atom is 0.306 e. The molecule has 1 unspecified atom stereocenters. The van der Waals surface area contributed by atoms with Crippen LogP contribution in [-0.4, -0.2) is 17.2 Å². The number of esters is 1. The summed E-state index contributed by atoms with van der Waals surface area (Å²) >= 11 is 0. The summed E-state index contributed by atoms with van der Waals surface area (Å²) in [6.45, 7) is 2.56. The second-order valence-electron chi connectivity index (χ2n) is 6.96. The van der Waals surface area contributed by atoms with Crippen molar-refractivity contribution in [3.8, 4) is 0 Å². The Balaban J connectivity index is 1.92. The molecule has 0 aliphatic carbocycles. The van der Waals surface area contributed by atoms with Crippen molar-refractivity contribution in [2.45, 2.75) is 96.7 Å². The molecule has 0 aliphatic rings. The molecule has 0 aliphatic heterocycles. The molecule has 0 amide bonds. The van der Waals surface area contributed by atoms with Crippen molar-refractivity contribution in [2.24, 2.45) is 0 Å². The highest BCUT2D eigenvalue weighted by Gasteiger charge is 2.09. The second kappa shape index (κ2) is 14.9. The number of ether oxygens (including phenoxy) is 1. The highest BCUT2D eigenvalue weighted by atomic mass is 16.5. The number of carbonyl (C=O) groups excluding carboxylic acids is 1. The van der Waals surface area contributed by atoms with Gasteiger partial charge in [-0.15, -0.1) is 0 Å². The Kier molecular flexibility index (Phi) is 13.0. The minimum absolute atomic E-state index is 0.227. The molecule has 1 N–H and O–H groups in total. The van der Waals surface area contributed by atoms with Gasteiger partial charge in [0.15, 0.2) is 0 Å². The number of hydrogen-bond acceptors (Lipinski definition) is 3. The van der Waals surface area contributed by atoms with E-state index in [9.17, 15) is 9.90 Å². The number of hydrogen-bond donors (Lipinski definition) is 1. The Hall–Kier alpha value is -1.35. The summed E-state index contributed by atoms with van der Waals surface area (Å²) in [4.78, 5) is 11.7. The molecule has 1 atom stereocenters. The molecule has 0 bridgehead atoms. The molecule has 0 fully saturated rings. The number of benzene rings is 1. The third kappa shape index (κ3) is 12.6. The van der Waals surface area contributed by atoms with Crippen LogP contribution in [0.1, 0.15) is 89.5 Å². The van der Waals surface area contributed by atoms with E-state index in [0.29, 0.717) is 19.4 Å². The fourth-order valence-corrected chi connectivity index (χ4v) is 2.93. The van der Waals surface area contributed by atoms with E-state index in [-0.39, 0.29) is 12.1 Å². The molecule has 0 heterocycles. The Bertz CT molecular complexity index is 430. The first-order valence-electron chi connectivity index (χ1n) is 10.1. The molecule has 0 spiro atoms. The van der Waals surface area contributed by atoms with Crippen LogP contribution in [0.2, 0.25) is 0 Å². The van der Waals surface area contributed by atoms with E-state index in [0.717, 1.165) is 18.4 Å². The maximum absolute atomic E-state index is 11.7. The standard InChI is InChI=1S/C22H36O3/c1-2-3-4-5-6-7-8-9-13-16-21(23)17-18-22(24)25-19-20-14-11-10-12-15-20/h10-12,14-15,21,23H,2-9,13,16-19H2,1H3. The first kappa shape index (κ1) is 21.7. The molecule has 3 heteroatoms. The van der Waals surface area contributed by atoms with Gasteiger partial charge in [-0.25, -0.2) is 0 Å². The van der Waals surface area contributed by atoms with Gasteiger partial charge in [0.05, 0.1) is 6.10 Å². The van der Waals surface area contributed by atoms with Gasteiger partial charge < -0.3 is 9.84 Å². The van der Waals surface area contributed by atoms with Crippen LogP contribution in [0.5, 0.6) is 0 Å². The topological polar surface area (TPSA) is 46.5 Å². The lowest BCUT2D eigenvalue weighted by atomic mass is 10.0. The van der Waals surface area contributed by atoms with Crippen LogP contribution >= 0.6 is 0 Å². The molecule has 25 heavy (non-hydrogen) atoms. The summed E-state index contributed by atoms with van der Waals surface area (Å²) in [6, 6.07) is 9.67. The van der Waals surface area contributed by atoms with Gasteiger partial charge in [0.25, 0.3) is 0 Å². The molecule has 3 nitrogen and oxygen atoms in total. The molecule has 0 saturated carbocycles. The minimum atomic E-state index is -0.381. The summed E-state index contributed by atoms with van der Waals surface area (Å²) in [7, 11) is 0. The number of aliphatic hydroxyl groups excluding tert-OH is 1. The summed E-state index contributed by atoms with van der Waals surface area (Å²) in [5, 5.41) is 9.98. The van der Waals surface area contributed by atoms with Crippen LogP contribution in [0.3, 0.4) is 0 Å². The van der Waals surface area contributed by atoms with Crippen molar-refractivity contribution in [3.05, 3.63) is 35.9 Å². The van der Waals surface area contributed by atoms with Gasteiger partial charge in [-0.3, -0.25) is 4.79 Å². The Morgan fingerprint density at radius 1 is 0.920 bits per heavy atom. The third-order valence-corrected chi connectivity index (χ3v) is 4.57. The minimum Gasteiger partial charge on any atom is -0.461 e. The SMILES string of the molecule is CCCCCCCCCCCC(O)CCC(=O)OCc1ccccc1. The lowest BCUT2D eigenvalue weighted by Crippen LogP contribution is -2.11. The van der Waals surface area contributed by atoms with Gasteiger partial charge in [0, 0.05) is 6.42 Å². The van der Waals surface area contributed by atoms with Gasteiger partial charge in [-0.2, -0.15) is 0 Å². The predicted octanol–water partition coefficient (Wildman–Crippen LogP) is 5.79. The monoisotopic (exact) mass is 348 g/mol. The van der Waals surface area contributed by atoms with E-state index in [1.165, 1.54) is 51.4 Å². The van der Waals surface area contributed by atoms with Gasteiger partial charge in [0.1, 0.15) is 6.61 Å². The lowest BCUT2D eigenvalue weighted by molar-refractivity contribution is -0.145. The summed E-state index contributed by atoms with van der Waals surface area (Å²) in [5.41, 5.74) is 0.992. The molecular weight excluding hydrogens is 312 g/mol. The molecule has 0 saturated heterocycles. The van der Waals surface area contributed by atoms with E-state index in [1.807, 2.05) is 30.3 Å². The molecule has 1 rings (SSSR count). The van der Waals surface area contributed by atoms with Crippen molar-refractivity contribution in [1.29, 1.82) is 0 Å². The summed E-state index contributed by atoms with van der Waals surface area (Å²) < 4.78 is 5.23. The fraction of sp³-hybridized carbons (Fsp3) is 0.682. The number of unbranched alkanes of at least 4 members (excludes halogenated alkanes) is 8. The van der Waals surface area contributed by atoms with Crippen LogP contribution in [-0.2, 0) is 16.1 Å². The highest BCUT2D eigenvalue weighted by molar-refractivity contribution is 5.69. The van der Waals surface area contributed by atoms with E-state index in [4.69, 9.17) is 4.74 Å². The van der Waals surface area contributed by atoms with Crippen LogP contribution < -0.4 is 0 Å². The van der Waals surface area contributed by atoms with Crippen LogP contribution in [0.4, 0.5) is 0 Å². The lowest BCUT2D eigenvalue weighted by Gasteiger charge is -2.10. The second-order valence-corrected chi connectivity index (χ2v) is 6.96. The zero-order valence-corrected chi connectivity index (χ0v) is 15.9. The van der Waals surface area contributed by atoms with Crippen molar-refractivity contribution < 1.29 is 14.6 Å². The van der Waals surface area contributed by atoms with Gasteiger partial charge in [0.2, 0.25) is 0 Å². The fourth-order valence-electron chi connectivity index (χ4n) is 2.93. The molecular formula is C22H36O3. The molecule has 0 aromatic heterocycles. The molecule has 1 aromatic rings. The van der Waals surface area contributed by atoms with E-state index >= 15 is 0 Å². The van der Waals surface area contributed by atoms with Crippen LogP contribution in [0, 0.1) is 0 Å². The molecule has 0 radical (unpaired) electrons. The smallest absolute Gasteiger partial charge is 0.306 e. The summed E-state index contributed by atoms with van der Waals surface area (Å²) in [5.74, 6) is -0.227. The largest absolute Gasteiger partial charge is 0.461 e. The Morgan fingerprint density at radius 2 is 1.52 bits per heavy atom. The van der Waals surface area contributed by atoms with Crippen LogP contribution in [0.25, 0.3) is 0 Å². The number of aliphatic hydroxyl groups is 1. The Morgan fingerprint density at radius 3 is 2.16 bits per heavy atom. The average Bonchev–Trinajstić information content (AvgIpc) is 2.64. The maximum atomic E-state index is 11.7. The van der Waals surface area contributed by atoms with E-state index in [1.54, 1.807) is 0 Å². The summed E-state index contributed by atoms with van der Waals surface area (Å²) in [6.07, 6.45) is 12.8. The third-order valence-electron chi connectivity index (χ3n) is 4.57. The van der Waals surface area contributed by atoms with E-state index < -0.39 is 0 Å². The Labute approximate surface area is 153 Å². The van der Waals surface area contributed by atoms with Gasteiger partial charge >= 0.3 is 5.97 Å². The highest BCUT2D eigenvalue weighted by Crippen LogP contribution is 2.13. The molecule has 142 valence electrons. The van der Waals surface area contributed by atoms with E-state index in [2.05, 4.69) is 6.92 Å². The van der Waals surface area contributed by atoms with Crippen molar-refractivity contribution in [1.82, 2.24) is 0 Å². The van der Waals surface area contributed by atoms with Gasteiger partial charge in [-0.05, 0) is 18.4 Å². The quantitative estimate of drug-likeness (QED) is 0.322.